The average molecular weight is 462 g/mol. The number of rotatable bonds is 10. The first-order chi connectivity index (χ1) is 15.3. The highest BCUT2D eigenvalue weighted by atomic mass is 32.2. The van der Waals surface area contributed by atoms with Gasteiger partial charge in [-0.15, -0.1) is 11.8 Å². The summed E-state index contributed by atoms with van der Waals surface area (Å²) in [6, 6.07) is 5.62. The molecule has 1 unspecified atom stereocenters. The molecule has 8 nitrogen and oxygen atoms in total. The summed E-state index contributed by atoms with van der Waals surface area (Å²) in [6.45, 7) is 10.6. The maximum absolute atomic E-state index is 13.6. The fraction of sp³-hybridized carbons (Fsp3) is 0.364. The lowest BCUT2D eigenvalue weighted by Gasteiger charge is -2.41. The number of nitrogens with one attached hydrogen (secondary N) is 1. The second-order valence-electron chi connectivity index (χ2n) is 7.33. The van der Waals surface area contributed by atoms with Crippen molar-refractivity contribution in [3.05, 3.63) is 65.0 Å². The largest absolute Gasteiger partial charge is 0.473 e. The van der Waals surface area contributed by atoms with Crippen molar-refractivity contribution in [1.29, 1.82) is 0 Å². The van der Waals surface area contributed by atoms with Crippen LogP contribution in [0.25, 0.3) is 0 Å². The van der Waals surface area contributed by atoms with Gasteiger partial charge in [0, 0.05) is 32.5 Å². The molecule has 0 aromatic heterocycles. The molecule has 2 amide bonds. The van der Waals surface area contributed by atoms with Crippen LogP contribution in [0, 0.1) is 5.82 Å². The van der Waals surface area contributed by atoms with E-state index in [0.717, 1.165) is 4.91 Å². The van der Waals surface area contributed by atoms with Crippen molar-refractivity contribution in [2.45, 2.75) is 18.7 Å². The van der Waals surface area contributed by atoms with Crippen molar-refractivity contribution in [3.8, 4) is 5.75 Å². The van der Waals surface area contributed by atoms with Crippen LogP contribution in [0.2, 0.25) is 0 Å². The third kappa shape index (κ3) is 5.25. The minimum Gasteiger partial charge on any atom is -0.473 e. The predicted molar refractivity (Wildman–Crippen MR) is 124 cm³/mol. The second-order valence-corrected chi connectivity index (χ2v) is 8.78. The Balaban J connectivity index is 1.93. The number of hydrogen-bond acceptors (Lipinski definition) is 7. The molecule has 3 rings (SSSR count). The summed E-state index contributed by atoms with van der Waals surface area (Å²) in [7, 11) is 1.62. The fourth-order valence-electron chi connectivity index (χ4n) is 3.48. The highest BCUT2D eigenvalue weighted by Crippen LogP contribution is 2.33. The van der Waals surface area contributed by atoms with Crippen LogP contribution in [0.1, 0.15) is 13.3 Å². The van der Waals surface area contributed by atoms with Crippen LogP contribution in [0.5, 0.6) is 5.75 Å². The van der Waals surface area contributed by atoms with Gasteiger partial charge in [-0.3, -0.25) is 9.80 Å². The van der Waals surface area contributed by atoms with Gasteiger partial charge in [-0.1, -0.05) is 12.6 Å². The molecule has 0 saturated heterocycles. The Morgan fingerprint density at radius 2 is 2.22 bits per heavy atom. The number of halogens is 1. The van der Waals surface area contributed by atoms with Crippen molar-refractivity contribution in [2.24, 2.45) is 4.99 Å². The first kappa shape index (κ1) is 23.7. The second kappa shape index (κ2) is 10.6. The van der Waals surface area contributed by atoms with Gasteiger partial charge in [-0.05, 0) is 37.1 Å². The average Bonchev–Trinajstić information content (AvgIpc) is 3.18. The fourth-order valence-corrected chi connectivity index (χ4v) is 4.45. The Bertz CT molecular complexity index is 951. The number of amides is 2. The highest BCUT2D eigenvalue weighted by molar-refractivity contribution is 8.03. The van der Waals surface area contributed by atoms with E-state index in [0.29, 0.717) is 42.5 Å². The van der Waals surface area contributed by atoms with Gasteiger partial charge in [-0.2, -0.15) is 0 Å². The molecule has 1 aromatic carbocycles. The molecule has 2 aliphatic heterocycles. The summed E-state index contributed by atoms with van der Waals surface area (Å²) in [4.78, 5) is 22.9. The van der Waals surface area contributed by atoms with E-state index in [1.54, 1.807) is 30.9 Å². The summed E-state index contributed by atoms with van der Waals surface area (Å²) in [5.41, 5.74) is 1.03. The number of carbonyl (C=O) groups excluding carboxylic acids is 1. The normalized spacial score (nSPS) is 18.6. The van der Waals surface area contributed by atoms with Crippen LogP contribution >= 0.6 is 11.8 Å². The predicted octanol–water partition coefficient (Wildman–Crippen LogP) is 3.12. The monoisotopic (exact) mass is 461 g/mol. The minimum atomic E-state index is -0.392. The Kier molecular flexibility index (Phi) is 7.81. The molecule has 1 atom stereocenters. The molecule has 10 heteroatoms. The lowest BCUT2D eigenvalue weighted by Crippen LogP contribution is -2.49. The van der Waals surface area contributed by atoms with Crippen LogP contribution in [-0.4, -0.2) is 71.4 Å². The zero-order valence-electron chi connectivity index (χ0n) is 18.3. The van der Waals surface area contributed by atoms with Gasteiger partial charge in [0.05, 0.1) is 17.6 Å². The minimum absolute atomic E-state index is 0.0336. The van der Waals surface area contributed by atoms with Crippen molar-refractivity contribution >= 4 is 24.5 Å². The number of urea groups is 1. The first-order valence-corrected chi connectivity index (χ1v) is 11.0. The quantitative estimate of drug-likeness (QED) is 0.412. The van der Waals surface area contributed by atoms with Crippen molar-refractivity contribution < 1.29 is 19.0 Å². The maximum Gasteiger partial charge on any atom is 0.329 e. The van der Waals surface area contributed by atoms with Gasteiger partial charge in [0.25, 0.3) is 0 Å². The van der Waals surface area contributed by atoms with Gasteiger partial charge in [-0.25, -0.2) is 14.2 Å². The third-order valence-corrected chi connectivity index (χ3v) is 6.08. The summed E-state index contributed by atoms with van der Waals surface area (Å²) in [5.74, 6) is 0.348. The summed E-state index contributed by atoms with van der Waals surface area (Å²) >= 11 is 1.68. The van der Waals surface area contributed by atoms with Crippen molar-refractivity contribution in [1.82, 2.24) is 20.0 Å². The number of aliphatic hydroxyl groups is 1. The smallest absolute Gasteiger partial charge is 0.329 e. The number of carbonyl (C=O) groups is 1. The number of hydrogen-bond donors (Lipinski definition) is 2. The molecular formula is C22H28FN5O3S. The van der Waals surface area contributed by atoms with E-state index in [1.165, 1.54) is 21.9 Å². The molecule has 0 spiro atoms. The maximum atomic E-state index is 13.6. The molecule has 2 aliphatic rings. The summed E-state index contributed by atoms with van der Waals surface area (Å²) < 4.78 is 19.5. The third-order valence-electron chi connectivity index (χ3n) is 5.02. The van der Waals surface area contributed by atoms with Gasteiger partial charge < -0.3 is 20.1 Å². The molecule has 2 heterocycles. The molecule has 172 valence electrons. The van der Waals surface area contributed by atoms with Crippen LogP contribution in [-0.2, 0) is 0 Å². The van der Waals surface area contributed by atoms with E-state index in [-0.39, 0.29) is 24.7 Å². The molecular weight excluding hydrogens is 433 g/mol. The number of allylic oxidation sites excluding steroid dienone is 1. The molecule has 0 aliphatic carbocycles. The van der Waals surface area contributed by atoms with E-state index in [1.807, 2.05) is 18.0 Å². The Labute approximate surface area is 191 Å². The van der Waals surface area contributed by atoms with Crippen molar-refractivity contribution in [3.63, 3.8) is 0 Å². The van der Waals surface area contributed by atoms with Gasteiger partial charge >= 0.3 is 6.03 Å². The number of aliphatic imine (C=N–C) groups is 1. The number of benzene rings is 1. The van der Waals surface area contributed by atoms with Gasteiger partial charge in [0.15, 0.2) is 12.6 Å². The van der Waals surface area contributed by atoms with E-state index in [2.05, 4.69) is 23.6 Å². The van der Waals surface area contributed by atoms with Crippen molar-refractivity contribution in [2.75, 3.05) is 33.5 Å². The standard InChI is InChI=1S/C22H28FN5O3S/c1-15-12-25-19(32-15)13-27(14-31-18-8-5-7-17(23)11-18)20-16(2)28(9-6-10-29)22(30)26(4)21(20)24-3/h5,7-8,11-12,19,25,29H,2-3,6,9-10,13-14H2,1,4H3. The molecule has 1 aromatic rings. The summed E-state index contributed by atoms with van der Waals surface area (Å²) in [6.07, 6.45) is 2.35. The van der Waals surface area contributed by atoms with E-state index in [4.69, 9.17) is 4.74 Å². The molecule has 2 N–H and O–H groups in total. The van der Waals surface area contributed by atoms with E-state index in [9.17, 15) is 14.3 Å². The SMILES string of the molecule is C=NC1=C(N(COc2cccc(F)c2)CC2NC=C(C)S2)C(=C)N(CCCO)C(=O)N1C. The van der Waals surface area contributed by atoms with Crippen LogP contribution in [0.3, 0.4) is 0 Å². The Hall–Kier alpha value is -2.98. The van der Waals surface area contributed by atoms with Gasteiger partial charge in [0.2, 0.25) is 0 Å². The lowest BCUT2D eigenvalue weighted by molar-refractivity contribution is 0.134. The number of thioether (sulfide) groups is 1. The Morgan fingerprint density at radius 3 is 2.84 bits per heavy atom. The van der Waals surface area contributed by atoms with Crippen LogP contribution in [0.15, 0.2) is 64.2 Å². The molecule has 0 bridgehead atoms. The number of nitrogens with zero attached hydrogens (tertiary/aromatic N) is 4. The zero-order chi connectivity index (χ0) is 23.3. The summed E-state index contributed by atoms with van der Waals surface area (Å²) in [5, 5.41) is 12.6. The first-order valence-electron chi connectivity index (χ1n) is 10.1. The van der Waals surface area contributed by atoms with E-state index < -0.39 is 5.82 Å². The lowest BCUT2D eigenvalue weighted by atomic mass is 10.2. The van der Waals surface area contributed by atoms with Crippen LogP contribution in [0.4, 0.5) is 9.18 Å². The van der Waals surface area contributed by atoms with Gasteiger partial charge in [0.1, 0.15) is 17.3 Å². The molecule has 32 heavy (non-hydrogen) atoms. The Morgan fingerprint density at radius 1 is 1.44 bits per heavy atom. The molecule has 0 radical (unpaired) electrons. The molecule has 0 fully saturated rings. The van der Waals surface area contributed by atoms with Crippen LogP contribution < -0.4 is 10.1 Å². The molecule has 0 saturated carbocycles. The number of aliphatic hydroxyl groups excluding tert-OH is 1. The highest BCUT2D eigenvalue weighted by Gasteiger charge is 2.36. The van der Waals surface area contributed by atoms with E-state index >= 15 is 0 Å². The number of ether oxygens (including phenoxy) is 1. The zero-order valence-corrected chi connectivity index (χ0v) is 19.1. The topological polar surface area (TPSA) is 80.6 Å².